The highest BCUT2D eigenvalue weighted by Gasteiger charge is 2.29. The molecule has 2 heterocycles. The van der Waals surface area contributed by atoms with Crippen LogP contribution in [0.1, 0.15) is 49.6 Å². The topological polar surface area (TPSA) is 28.4 Å². The summed E-state index contributed by atoms with van der Waals surface area (Å²) in [7, 11) is 2.21. The fourth-order valence-corrected chi connectivity index (χ4v) is 3.76. The highest BCUT2D eigenvalue weighted by Crippen LogP contribution is 2.36. The average molecular weight is 248 g/mol. The van der Waals surface area contributed by atoms with Gasteiger partial charge in [-0.2, -0.15) is 0 Å². The standard InChI is InChI=1S/C15H24N2O/c1-11-10-16(2)8-7-13(11)17-9-6-12-14(17)4-3-5-15(12)18/h6,9,11,13,15,18H,3-5,7-8,10H2,1-2H3. The molecule has 0 amide bonds. The van der Waals surface area contributed by atoms with Crippen LogP contribution in [0.15, 0.2) is 12.3 Å². The van der Waals surface area contributed by atoms with Crippen molar-refractivity contribution in [1.29, 1.82) is 0 Å². The Labute approximate surface area is 109 Å². The molecule has 0 saturated carbocycles. The summed E-state index contributed by atoms with van der Waals surface area (Å²) in [5.41, 5.74) is 2.59. The summed E-state index contributed by atoms with van der Waals surface area (Å²) < 4.78 is 2.47. The molecule has 3 unspecified atom stereocenters. The molecule has 1 aliphatic carbocycles. The number of piperidine rings is 1. The zero-order valence-electron chi connectivity index (χ0n) is 11.5. The Morgan fingerprint density at radius 2 is 2.17 bits per heavy atom. The zero-order valence-corrected chi connectivity index (χ0v) is 11.5. The van der Waals surface area contributed by atoms with Crippen molar-refractivity contribution >= 4 is 0 Å². The van der Waals surface area contributed by atoms with Gasteiger partial charge in [0.25, 0.3) is 0 Å². The second-order valence-electron chi connectivity index (χ2n) is 6.13. The van der Waals surface area contributed by atoms with Crippen molar-refractivity contribution in [3.63, 3.8) is 0 Å². The van der Waals surface area contributed by atoms with E-state index in [-0.39, 0.29) is 6.10 Å². The number of hydrogen-bond acceptors (Lipinski definition) is 2. The van der Waals surface area contributed by atoms with Crippen LogP contribution >= 0.6 is 0 Å². The number of aliphatic hydroxyl groups excluding tert-OH is 1. The normalized spacial score (nSPS) is 33.4. The maximum atomic E-state index is 10.1. The van der Waals surface area contributed by atoms with Gasteiger partial charge in [0.1, 0.15) is 0 Å². The number of hydrogen-bond donors (Lipinski definition) is 1. The number of aromatic nitrogens is 1. The molecule has 1 aromatic rings. The van der Waals surface area contributed by atoms with E-state index in [1.54, 1.807) is 0 Å². The number of aliphatic hydroxyl groups is 1. The molecule has 1 saturated heterocycles. The van der Waals surface area contributed by atoms with E-state index in [0.29, 0.717) is 12.0 Å². The van der Waals surface area contributed by atoms with Crippen LogP contribution in [0, 0.1) is 5.92 Å². The molecule has 1 aromatic heterocycles. The van der Waals surface area contributed by atoms with Crippen molar-refractivity contribution < 1.29 is 5.11 Å². The Kier molecular flexibility index (Phi) is 3.20. The van der Waals surface area contributed by atoms with Crippen LogP contribution < -0.4 is 0 Å². The third-order valence-electron chi connectivity index (χ3n) is 4.73. The van der Waals surface area contributed by atoms with Crippen molar-refractivity contribution in [3.8, 4) is 0 Å². The fourth-order valence-electron chi connectivity index (χ4n) is 3.76. The summed E-state index contributed by atoms with van der Waals surface area (Å²) in [6.45, 7) is 4.72. The van der Waals surface area contributed by atoms with Crippen LogP contribution in [0.25, 0.3) is 0 Å². The van der Waals surface area contributed by atoms with E-state index < -0.39 is 0 Å². The summed E-state index contributed by atoms with van der Waals surface area (Å²) in [5.74, 6) is 0.694. The van der Waals surface area contributed by atoms with Gasteiger partial charge in [0, 0.05) is 30.0 Å². The van der Waals surface area contributed by atoms with E-state index in [0.717, 1.165) is 19.3 Å². The predicted molar refractivity (Wildman–Crippen MR) is 72.6 cm³/mol. The number of fused-ring (bicyclic) bond motifs is 1. The molecule has 0 radical (unpaired) electrons. The van der Waals surface area contributed by atoms with E-state index in [9.17, 15) is 5.11 Å². The zero-order chi connectivity index (χ0) is 12.7. The Hall–Kier alpha value is -0.800. The van der Waals surface area contributed by atoms with Gasteiger partial charge in [-0.05, 0) is 51.3 Å². The first-order valence-electron chi connectivity index (χ1n) is 7.23. The van der Waals surface area contributed by atoms with Gasteiger partial charge in [-0.25, -0.2) is 0 Å². The lowest BCUT2D eigenvalue weighted by Gasteiger charge is -2.37. The predicted octanol–water partition coefficient (Wildman–Crippen LogP) is 2.37. The maximum absolute atomic E-state index is 10.1. The van der Waals surface area contributed by atoms with Crippen LogP contribution in [-0.2, 0) is 6.42 Å². The summed E-state index contributed by atoms with van der Waals surface area (Å²) in [4.78, 5) is 2.42. The van der Waals surface area contributed by atoms with Crippen molar-refractivity contribution in [2.24, 2.45) is 5.92 Å². The van der Waals surface area contributed by atoms with Crippen LogP contribution in [0.3, 0.4) is 0 Å². The van der Waals surface area contributed by atoms with Gasteiger partial charge >= 0.3 is 0 Å². The second-order valence-corrected chi connectivity index (χ2v) is 6.13. The minimum atomic E-state index is -0.225. The maximum Gasteiger partial charge on any atom is 0.0807 e. The third kappa shape index (κ3) is 1.99. The van der Waals surface area contributed by atoms with E-state index in [4.69, 9.17) is 0 Å². The van der Waals surface area contributed by atoms with Gasteiger partial charge < -0.3 is 14.6 Å². The van der Waals surface area contributed by atoms with E-state index in [2.05, 4.69) is 35.7 Å². The van der Waals surface area contributed by atoms with Gasteiger partial charge in [0.2, 0.25) is 0 Å². The van der Waals surface area contributed by atoms with Gasteiger partial charge in [-0.3, -0.25) is 0 Å². The smallest absolute Gasteiger partial charge is 0.0807 e. The Bertz CT molecular complexity index is 426. The van der Waals surface area contributed by atoms with Gasteiger partial charge in [0.15, 0.2) is 0 Å². The van der Waals surface area contributed by atoms with Crippen molar-refractivity contribution in [2.45, 2.75) is 44.8 Å². The summed E-state index contributed by atoms with van der Waals surface area (Å²) >= 11 is 0. The first kappa shape index (κ1) is 12.2. The first-order chi connectivity index (χ1) is 8.66. The van der Waals surface area contributed by atoms with Crippen molar-refractivity contribution in [2.75, 3.05) is 20.1 Å². The Morgan fingerprint density at radius 1 is 1.33 bits per heavy atom. The quantitative estimate of drug-likeness (QED) is 0.826. The van der Waals surface area contributed by atoms with Crippen molar-refractivity contribution in [3.05, 3.63) is 23.5 Å². The fraction of sp³-hybridized carbons (Fsp3) is 0.733. The van der Waals surface area contributed by atoms with Crippen molar-refractivity contribution in [1.82, 2.24) is 9.47 Å². The minimum absolute atomic E-state index is 0.225. The first-order valence-corrected chi connectivity index (χ1v) is 7.23. The molecule has 1 N–H and O–H groups in total. The second kappa shape index (κ2) is 4.71. The highest BCUT2D eigenvalue weighted by molar-refractivity contribution is 5.28. The van der Waals surface area contributed by atoms with E-state index >= 15 is 0 Å². The van der Waals surface area contributed by atoms with Crippen LogP contribution in [0.2, 0.25) is 0 Å². The monoisotopic (exact) mass is 248 g/mol. The van der Waals surface area contributed by atoms with Gasteiger partial charge in [-0.1, -0.05) is 6.92 Å². The van der Waals surface area contributed by atoms with Gasteiger partial charge in [0.05, 0.1) is 6.10 Å². The molecule has 0 aromatic carbocycles. The largest absolute Gasteiger partial charge is 0.388 e. The van der Waals surface area contributed by atoms with E-state index in [1.165, 1.54) is 30.8 Å². The Balaban J connectivity index is 1.88. The van der Waals surface area contributed by atoms with Gasteiger partial charge in [-0.15, -0.1) is 0 Å². The molecule has 1 aliphatic heterocycles. The van der Waals surface area contributed by atoms with Crippen LogP contribution in [0.5, 0.6) is 0 Å². The lowest BCUT2D eigenvalue weighted by molar-refractivity contribution is 0.144. The molecule has 0 bridgehead atoms. The number of rotatable bonds is 1. The molecule has 3 heteroatoms. The summed E-state index contributed by atoms with van der Waals surface area (Å²) in [6, 6.07) is 2.76. The molecular formula is C15H24N2O. The molecule has 1 fully saturated rings. The van der Waals surface area contributed by atoms with Crippen LogP contribution in [0.4, 0.5) is 0 Å². The summed E-state index contributed by atoms with van der Waals surface area (Å²) in [6.07, 6.45) is 6.41. The minimum Gasteiger partial charge on any atom is -0.388 e. The Morgan fingerprint density at radius 3 is 2.94 bits per heavy atom. The molecule has 18 heavy (non-hydrogen) atoms. The molecule has 100 valence electrons. The molecular weight excluding hydrogens is 224 g/mol. The average Bonchev–Trinajstić information content (AvgIpc) is 2.74. The molecule has 3 rings (SSSR count). The third-order valence-corrected chi connectivity index (χ3v) is 4.73. The summed E-state index contributed by atoms with van der Waals surface area (Å²) in [5, 5.41) is 10.1. The molecule has 2 aliphatic rings. The lowest BCUT2D eigenvalue weighted by atomic mass is 9.91. The van der Waals surface area contributed by atoms with Crippen LogP contribution in [-0.4, -0.2) is 34.7 Å². The number of nitrogens with zero attached hydrogens (tertiary/aromatic N) is 2. The highest BCUT2D eigenvalue weighted by atomic mass is 16.3. The van der Waals surface area contributed by atoms with E-state index in [1.807, 2.05) is 0 Å². The lowest BCUT2D eigenvalue weighted by Crippen LogP contribution is -2.38. The number of likely N-dealkylation sites (tertiary alicyclic amines) is 1. The molecule has 3 nitrogen and oxygen atoms in total. The molecule has 3 atom stereocenters. The molecule has 0 spiro atoms. The SMILES string of the molecule is CC1CN(C)CCC1n1ccc2c1CCCC2O.